The van der Waals surface area contributed by atoms with Gasteiger partial charge in [0.1, 0.15) is 11.5 Å². The number of nitrogens with zero attached hydrogens (tertiary/aromatic N) is 2. The van der Waals surface area contributed by atoms with Gasteiger partial charge < -0.3 is 14.8 Å². The van der Waals surface area contributed by atoms with Crippen molar-refractivity contribution in [3.8, 4) is 23.1 Å². The summed E-state index contributed by atoms with van der Waals surface area (Å²) < 4.78 is 13.5. The van der Waals surface area contributed by atoms with Crippen molar-refractivity contribution in [2.75, 3.05) is 12.4 Å². The fourth-order valence-corrected chi connectivity index (χ4v) is 3.79. The summed E-state index contributed by atoms with van der Waals surface area (Å²) in [5.74, 6) is 2.08. The Hall–Kier alpha value is -4.06. The minimum absolute atomic E-state index is 0.0518. The molecule has 0 unspecified atom stereocenters. The Kier molecular flexibility index (Phi) is 6.97. The zero-order valence-corrected chi connectivity index (χ0v) is 20.0. The van der Waals surface area contributed by atoms with Gasteiger partial charge in [-0.1, -0.05) is 30.3 Å². The molecule has 0 saturated carbocycles. The maximum absolute atomic E-state index is 12.7. The van der Waals surface area contributed by atoms with E-state index in [-0.39, 0.29) is 5.91 Å². The van der Waals surface area contributed by atoms with Crippen molar-refractivity contribution in [2.45, 2.75) is 33.6 Å². The molecule has 6 heteroatoms. The van der Waals surface area contributed by atoms with Crippen LogP contribution in [0.25, 0.3) is 5.69 Å². The molecule has 6 nitrogen and oxygen atoms in total. The second-order valence-electron chi connectivity index (χ2n) is 8.26. The van der Waals surface area contributed by atoms with E-state index >= 15 is 0 Å². The fourth-order valence-electron chi connectivity index (χ4n) is 3.79. The summed E-state index contributed by atoms with van der Waals surface area (Å²) in [6.07, 6.45) is 0.814. The van der Waals surface area contributed by atoms with Crippen LogP contribution in [0.1, 0.15) is 28.8 Å². The number of methoxy groups -OCH3 is 1. The molecule has 0 spiro atoms. The van der Waals surface area contributed by atoms with Crippen LogP contribution in [0.2, 0.25) is 0 Å². The molecule has 0 radical (unpaired) electrons. The first-order valence-corrected chi connectivity index (χ1v) is 11.3. The minimum Gasteiger partial charge on any atom is -0.497 e. The molecule has 1 N–H and O–H groups in total. The Morgan fingerprint density at radius 3 is 2.44 bits per heavy atom. The van der Waals surface area contributed by atoms with Gasteiger partial charge in [-0.25, -0.2) is 4.68 Å². The van der Waals surface area contributed by atoms with Gasteiger partial charge in [0.25, 0.3) is 0 Å². The third-order valence-corrected chi connectivity index (χ3v) is 5.66. The maximum atomic E-state index is 12.7. The summed E-state index contributed by atoms with van der Waals surface area (Å²) in [5, 5.41) is 7.74. The molecule has 0 fully saturated rings. The third kappa shape index (κ3) is 5.29. The molecule has 1 amide bonds. The van der Waals surface area contributed by atoms with Crippen molar-refractivity contribution in [1.29, 1.82) is 0 Å². The van der Waals surface area contributed by atoms with Crippen LogP contribution in [0, 0.1) is 20.8 Å². The van der Waals surface area contributed by atoms with Gasteiger partial charge in [0.15, 0.2) is 0 Å². The van der Waals surface area contributed by atoms with E-state index in [0.29, 0.717) is 18.7 Å². The second-order valence-corrected chi connectivity index (χ2v) is 8.26. The molecule has 0 saturated heterocycles. The number of aromatic nitrogens is 2. The molecule has 3 aromatic carbocycles. The zero-order chi connectivity index (χ0) is 24.1. The number of hydrogen-bond acceptors (Lipinski definition) is 4. The van der Waals surface area contributed by atoms with E-state index in [9.17, 15) is 4.79 Å². The standard InChI is InChI=1S/C28H29N3O3/c1-19-8-7-10-22(18-19)29-27(32)17-16-25-21(3)30-31(23-12-14-24(33-4)15-13-23)28(25)34-26-11-6-5-9-20(26)2/h5-15,18H,16-17H2,1-4H3,(H,29,32). The van der Waals surface area contributed by atoms with Crippen LogP contribution in [0.5, 0.6) is 17.4 Å². The minimum atomic E-state index is -0.0518. The number of aryl methyl sites for hydroxylation is 3. The van der Waals surface area contributed by atoms with Crippen LogP contribution in [0.3, 0.4) is 0 Å². The zero-order valence-electron chi connectivity index (χ0n) is 20.0. The lowest BCUT2D eigenvalue weighted by atomic mass is 10.1. The summed E-state index contributed by atoms with van der Waals surface area (Å²) in [6.45, 7) is 5.95. The number of nitrogens with one attached hydrogen (secondary N) is 1. The van der Waals surface area contributed by atoms with E-state index in [0.717, 1.165) is 45.3 Å². The summed E-state index contributed by atoms with van der Waals surface area (Å²) in [4.78, 5) is 12.7. The largest absolute Gasteiger partial charge is 0.497 e. The molecule has 0 aliphatic rings. The fraction of sp³-hybridized carbons (Fsp3) is 0.214. The SMILES string of the molecule is COc1ccc(-n2nc(C)c(CCC(=O)Nc3cccc(C)c3)c2Oc2ccccc2C)cc1. The Morgan fingerprint density at radius 2 is 1.74 bits per heavy atom. The van der Waals surface area contributed by atoms with Crippen LogP contribution in [0.4, 0.5) is 5.69 Å². The molecule has 1 heterocycles. The van der Waals surface area contributed by atoms with Crippen LogP contribution < -0.4 is 14.8 Å². The number of anilines is 1. The molecule has 174 valence electrons. The van der Waals surface area contributed by atoms with Crippen molar-refractivity contribution in [2.24, 2.45) is 0 Å². The Morgan fingerprint density at radius 1 is 0.971 bits per heavy atom. The lowest BCUT2D eigenvalue weighted by molar-refractivity contribution is -0.116. The van der Waals surface area contributed by atoms with Crippen molar-refractivity contribution < 1.29 is 14.3 Å². The van der Waals surface area contributed by atoms with Crippen LogP contribution in [0.15, 0.2) is 72.8 Å². The lowest BCUT2D eigenvalue weighted by Gasteiger charge is -2.13. The number of carbonyl (C=O) groups excluding carboxylic acids is 1. The first-order chi connectivity index (χ1) is 16.4. The van der Waals surface area contributed by atoms with Gasteiger partial charge in [0.05, 0.1) is 18.5 Å². The molecule has 0 aliphatic carbocycles. The van der Waals surface area contributed by atoms with Gasteiger partial charge in [0.2, 0.25) is 11.8 Å². The van der Waals surface area contributed by atoms with Gasteiger partial charge in [-0.2, -0.15) is 5.10 Å². The van der Waals surface area contributed by atoms with E-state index in [1.54, 1.807) is 11.8 Å². The average Bonchev–Trinajstić information content (AvgIpc) is 3.14. The van der Waals surface area contributed by atoms with Gasteiger partial charge in [-0.3, -0.25) is 4.79 Å². The Bertz CT molecular complexity index is 1290. The first kappa shape index (κ1) is 23.1. The van der Waals surface area contributed by atoms with Crippen molar-refractivity contribution in [1.82, 2.24) is 9.78 Å². The number of ether oxygens (including phenoxy) is 2. The van der Waals surface area contributed by atoms with Crippen LogP contribution >= 0.6 is 0 Å². The first-order valence-electron chi connectivity index (χ1n) is 11.3. The maximum Gasteiger partial charge on any atom is 0.226 e. The molecule has 1 aromatic heterocycles. The molecule has 4 rings (SSSR count). The highest BCUT2D eigenvalue weighted by molar-refractivity contribution is 5.90. The highest BCUT2D eigenvalue weighted by atomic mass is 16.5. The number of para-hydroxylation sites is 1. The molecular formula is C28H29N3O3. The molecule has 4 aromatic rings. The summed E-state index contributed by atoms with van der Waals surface area (Å²) >= 11 is 0. The van der Waals surface area contributed by atoms with Crippen molar-refractivity contribution >= 4 is 11.6 Å². The topological polar surface area (TPSA) is 65.4 Å². The highest BCUT2D eigenvalue weighted by Crippen LogP contribution is 2.33. The van der Waals surface area contributed by atoms with E-state index < -0.39 is 0 Å². The average molecular weight is 456 g/mol. The van der Waals surface area contributed by atoms with E-state index in [4.69, 9.17) is 14.6 Å². The predicted molar refractivity (Wildman–Crippen MR) is 134 cm³/mol. The number of amides is 1. The van der Waals surface area contributed by atoms with E-state index in [1.165, 1.54) is 0 Å². The summed E-state index contributed by atoms with van der Waals surface area (Å²) in [6, 6.07) is 23.3. The molecule has 34 heavy (non-hydrogen) atoms. The third-order valence-electron chi connectivity index (χ3n) is 5.66. The monoisotopic (exact) mass is 455 g/mol. The Balaban J connectivity index is 1.63. The van der Waals surface area contributed by atoms with E-state index in [1.807, 2.05) is 93.6 Å². The van der Waals surface area contributed by atoms with Gasteiger partial charge in [0, 0.05) is 17.7 Å². The highest BCUT2D eigenvalue weighted by Gasteiger charge is 2.20. The van der Waals surface area contributed by atoms with Crippen molar-refractivity contribution in [3.63, 3.8) is 0 Å². The molecule has 0 bridgehead atoms. The van der Waals surface area contributed by atoms with Crippen LogP contribution in [-0.4, -0.2) is 22.8 Å². The summed E-state index contributed by atoms with van der Waals surface area (Å²) in [7, 11) is 1.64. The molecule has 0 aliphatic heterocycles. The van der Waals surface area contributed by atoms with E-state index in [2.05, 4.69) is 5.32 Å². The molecule has 0 atom stereocenters. The summed E-state index contributed by atoms with van der Waals surface area (Å²) in [5.41, 5.74) is 5.49. The second kappa shape index (κ2) is 10.3. The normalized spacial score (nSPS) is 10.7. The molecular weight excluding hydrogens is 426 g/mol. The van der Waals surface area contributed by atoms with Crippen molar-refractivity contribution in [3.05, 3.63) is 95.2 Å². The number of rotatable bonds is 8. The van der Waals surface area contributed by atoms with Gasteiger partial charge in [-0.05, 0) is 80.8 Å². The smallest absolute Gasteiger partial charge is 0.226 e. The quantitative estimate of drug-likeness (QED) is 0.345. The number of carbonyl (C=O) groups is 1. The lowest BCUT2D eigenvalue weighted by Crippen LogP contribution is -2.12. The number of hydrogen-bond donors (Lipinski definition) is 1. The Labute approximate surface area is 200 Å². The predicted octanol–water partition coefficient (Wildman–Crippen LogP) is 6.17. The number of benzene rings is 3. The van der Waals surface area contributed by atoms with Gasteiger partial charge >= 0.3 is 0 Å². The van der Waals surface area contributed by atoms with Crippen LogP contribution in [-0.2, 0) is 11.2 Å². The van der Waals surface area contributed by atoms with Gasteiger partial charge in [-0.15, -0.1) is 0 Å².